The molecule has 0 unspecified atom stereocenters. The Labute approximate surface area is 123 Å². The molecular formula is C14H19N5S. The SMILES string of the molecule is Cc1cc(N2CCN(c3nc(C)c(C)s3)CC2)ncn1. The number of rotatable bonds is 2. The van der Waals surface area contributed by atoms with Crippen LogP contribution in [0.4, 0.5) is 10.9 Å². The van der Waals surface area contributed by atoms with Crippen molar-refractivity contribution < 1.29 is 0 Å². The Balaban J connectivity index is 1.67. The molecule has 106 valence electrons. The third-order valence-electron chi connectivity index (χ3n) is 3.68. The van der Waals surface area contributed by atoms with Gasteiger partial charge in [-0.3, -0.25) is 0 Å². The maximum Gasteiger partial charge on any atom is 0.185 e. The van der Waals surface area contributed by atoms with Crippen LogP contribution in [0.15, 0.2) is 12.4 Å². The molecule has 6 heteroatoms. The minimum Gasteiger partial charge on any atom is -0.353 e. The van der Waals surface area contributed by atoms with Crippen LogP contribution in [0.25, 0.3) is 0 Å². The van der Waals surface area contributed by atoms with Crippen molar-refractivity contribution in [2.75, 3.05) is 36.0 Å². The second-order valence-corrected chi connectivity index (χ2v) is 6.31. The summed E-state index contributed by atoms with van der Waals surface area (Å²) in [5, 5.41) is 1.15. The lowest BCUT2D eigenvalue weighted by Crippen LogP contribution is -2.46. The van der Waals surface area contributed by atoms with Crippen LogP contribution in [0.2, 0.25) is 0 Å². The summed E-state index contributed by atoms with van der Waals surface area (Å²) in [5.41, 5.74) is 2.17. The quantitative estimate of drug-likeness (QED) is 0.848. The summed E-state index contributed by atoms with van der Waals surface area (Å²) in [6.07, 6.45) is 1.64. The van der Waals surface area contributed by atoms with Crippen molar-refractivity contribution in [3.63, 3.8) is 0 Å². The van der Waals surface area contributed by atoms with E-state index in [1.165, 1.54) is 4.88 Å². The summed E-state index contributed by atoms with van der Waals surface area (Å²) in [5.74, 6) is 1.03. The van der Waals surface area contributed by atoms with Crippen LogP contribution in [0, 0.1) is 20.8 Å². The third kappa shape index (κ3) is 2.60. The van der Waals surface area contributed by atoms with Gasteiger partial charge in [-0.25, -0.2) is 15.0 Å². The number of anilines is 2. The average molecular weight is 289 g/mol. The van der Waals surface area contributed by atoms with Crippen molar-refractivity contribution in [2.45, 2.75) is 20.8 Å². The molecule has 20 heavy (non-hydrogen) atoms. The highest BCUT2D eigenvalue weighted by atomic mass is 32.1. The largest absolute Gasteiger partial charge is 0.353 e. The van der Waals surface area contributed by atoms with Gasteiger partial charge in [0.05, 0.1) is 5.69 Å². The third-order valence-corrected chi connectivity index (χ3v) is 4.81. The lowest BCUT2D eigenvalue weighted by atomic mass is 10.3. The van der Waals surface area contributed by atoms with Gasteiger partial charge in [-0.15, -0.1) is 11.3 Å². The predicted molar refractivity (Wildman–Crippen MR) is 82.8 cm³/mol. The Morgan fingerprint density at radius 3 is 2.30 bits per heavy atom. The van der Waals surface area contributed by atoms with Gasteiger partial charge >= 0.3 is 0 Å². The van der Waals surface area contributed by atoms with Crippen molar-refractivity contribution in [1.82, 2.24) is 15.0 Å². The molecule has 0 atom stereocenters. The van der Waals surface area contributed by atoms with E-state index in [-0.39, 0.29) is 0 Å². The molecule has 0 spiro atoms. The second-order valence-electron chi connectivity index (χ2n) is 5.13. The zero-order chi connectivity index (χ0) is 14.1. The van der Waals surface area contributed by atoms with E-state index in [4.69, 9.17) is 0 Å². The molecular weight excluding hydrogens is 270 g/mol. The Hall–Kier alpha value is -1.69. The Morgan fingerprint density at radius 1 is 1.00 bits per heavy atom. The lowest BCUT2D eigenvalue weighted by Gasteiger charge is -2.35. The maximum absolute atomic E-state index is 4.65. The van der Waals surface area contributed by atoms with Gasteiger partial charge in [0, 0.05) is 42.8 Å². The fraction of sp³-hybridized carbons (Fsp3) is 0.500. The van der Waals surface area contributed by atoms with Crippen molar-refractivity contribution in [3.8, 4) is 0 Å². The van der Waals surface area contributed by atoms with E-state index in [9.17, 15) is 0 Å². The molecule has 0 N–H and O–H groups in total. The highest BCUT2D eigenvalue weighted by Gasteiger charge is 2.20. The van der Waals surface area contributed by atoms with Crippen LogP contribution < -0.4 is 9.80 Å². The van der Waals surface area contributed by atoms with Crippen LogP contribution in [0.3, 0.4) is 0 Å². The molecule has 1 fully saturated rings. The van der Waals surface area contributed by atoms with Gasteiger partial charge in [-0.05, 0) is 20.8 Å². The first kappa shape index (κ1) is 13.3. The lowest BCUT2D eigenvalue weighted by molar-refractivity contribution is 0.644. The molecule has 1 aliphatic heterocycles. The van der Waals surface area contributed by atoms with Crippen LogP contribution >= 0.6 is 11.3 Å². The predicted octanol–water partition coefficient (Wildman–Crippen LogP) is 2.18. The smallest absolute Gasteiger partial charge is 0.185 e. The van der Waals surface area contributed by atoms with E-state index in [1.54, 1.807) is 17.7 Å². The zero-order valence-electron chi connectivity index (χ0n) is 12.1. The maximum atomic E-state index is 4.65. The van der Waals surface area contributed by atoms with E-state index in [0.717, 1.165) is 48.5 Å². The number of thiazole rings is 1. The summed E-state index contributed by atoms with van der Waals surface area (Å²) in [6, 6.07) is 2.05. The topological polar surface area (TPSA) is 45.2 Å². The van der Waals surface area contributed by atoms with Gasteiger partial charge in [-0.2, -0.15) is 0 Å². The molecule has 0 bridgehead atoms. The summed E-state index contributed by atoms with van der Waals surface area (Å²) >= 11 is 1.79. The van der Waals surface area contributed by atoms with Crippen LogP contribution in [-0.4, -0.2) is 41.1 Å². The van der Waals surface area contributed by atoms with Gasteiger partial charge in [0.1, 0.15) is 12.1 Å². The van der Waals surface area contributed by atoms with E-state index in [0.29, 0.717) is 0 Å². The highest BCUT2D eigenvalue weighted by molar-refractivity contribution is 7.15. The second kappa shape index (κ2) is 5.36. The first-order valence-corrected chi connectivity index (χ1v) is 7.68. The van der Waals surface area contributed by atoms with Crippen LogP contribution in [0.1, 0.15) is 16.3 Å². The van der Waals surface area contributed by atoms with Gasteiger partial charge < -0.3 is 9.80 Å². The number of hydrogen-bond donors (Lipinski definition) is 0. The average Bonchev–Trinajstić information content (AvgIpc) is 2.79. The molecule has 0 radical (unpaired) electrons. The fourth-order valence-corrected chi connectivity index (χ4v) is 3.29. The van der Waals surface area contributed by atoms with E-state index >= 15 is 0 Å². The molecule has 0 aromatic carbocycles. The van der Waals surface area contributed by atoms with Crippen molar-refractivity contribution >= 4 is 22.3 Å². The first-order chi connectivity index (χ1) is 9.63. The standard InChI is InChI=1S/C14H19N5S/c1-10-8-13(16-9-15-10)18-4-6-19(7-5-18)14-17-11(2)12(3)20-14/h8-9H,4-7H2,1-3H3. The summed E-state index contributed by atoms with van der Waals surface area (Å²) in [7, 11) is 0. The molecule has 0 saturated carbocycles. The fourth-order valence-electron chi connectivity index (χ4n) is 2.33. The Bertz CT molecular complexity index is 582. The minimum absolute atomic E-state index is 0.980. The highest BCUT2D eigenvalue weighted by Crippen LogP contribution is 2.26. The summed E-state index contributed by atoms with van der Waals surface area (Å²) < 4.78 is 0. The minimum atomic E-state index is 0.980. The van der Waals surface area contributed by atoms with Gasteiger partial charge in [-0.1, -0.05) is 0 Å². The number of nitrogens with zero attached hydrogens (tertiary/aromatic N) is 5. The first-order valence-electron chi connectivity index (χ1n) is 6.86. The van der Waals surface area contributed by atoms with Gasteiger partial charge in [0.25, 0.3) is 0 Å². The van der Waals surface area contributed by atoms with Crippen LogP contribution in [0.5, 0.6) is 0 Å². The molecule has 2 aromatic rings. The summed E-state index contributed by atoms with van der Waals surface area (Å²) in [4.78, 5) is 19.2. The van der Waals surface area contributed by atoms with Crippen molar-refractivity contribution in [1.29, 1.82) is 0 Å². The number of piperazine rings is 1. The monoisotopic (exact) mass is 289 g/mol. The summed E-state index contributed by atoms with van der Waals surface area (Å²) in [6.45, 7) is 10.2. The van der Waals surface area contributed by atoms with E-state index < -0.39 is 0 Å². The van der Waals surface area contributed by atoms with Crippen LogP contribution in [-0.2, 0) is 0 Å². The molecule has 2 aromatic heterocycles. The molecule has 3 rings (SSSR count). The molecule has 0 aliphatic carbocycles. The molecule has 1 aliphatic rings. The molecule has 5 nitrogen and oxygen atoms in total. The normalized spacial score (nSPS) is 15.8. The van der Waals surface area contributed by atoms with Gasteiger partial charge in [0.15, 0.2) is 5.13 Å². The molecule has 3 heterocycles. The number of aryl methyl sites for hydroxylation is 3. The number of hydrogen-bond acceptors (Lipinski definition) is 6. The zero-order valence-corrected chi connectivity index (χ0v) is 12.9. The van der Waals surface area contributed by atoms with E-state index in [2.05, 4.69) is 38.6 Å². The Kier molecular flexibility index (Phi) is 3.56. The number of aromatic nitrogens is 3. The van der Waals surface area contributed by atoms with E-state index in [1.807, 2.05) is 13.0 Å². The van der Waals surface area contributed by atoms with Crippen molar-refractivity contribution in [3.05, 3.63) is 28.7 Å². The molecule has 1 saturated heterocycles. The molecule has 0 amide bonds. The van der Waals surface area contributed by atoms with Gasteiger partial charge in [0.2, 0.25) is 0 Å². The van der Waals surface area contributed by atoms with Crippen molar-refractivity contribution in [2.24, 2.45) is 0 Å². The Morgan fingerprint density at radius 2 is 1.70 bits per heavy atom.